The average Bonchev–Trinajstić information content (AvgIpc) is 2.79. The molecule has 0 bridgehead atoms. The van der Waals surface area contributed by atoms with Gasteiger partial charge in [-0.25, -0.2) is 4.39 Å². The molecule has 18 heavy (non-hydrogen) atoms. The second kappa shape index (κ2) is 5.18. The van der Waals surface area contributed by atoms with E-state index < -0.39 is 0 Å². The zero-order valence-electron chi connectivity index (χ0n) is 10.6. The summed E-state index contributed by atoms with van der Waals surface area (Å²) in [5.41, 5.74) is 1.37. The smallest absolute Gasteiger partial charge is 0.132 e. The van der Waals surface area contributed by atoms with Gasteiger partial charge in [-0.05, 0) is 25.2 Å². The number of nitrogens with one attached hydrogen (secondary N) is 1. The summed E-state index contributed by atoms with van der Waals surface area (Å²) in [6, 6.07) is 6.37. The van der Waals surface area contributed by atoms with Crippen molar-refractivity contribution in [3.05, 3.63) is 47.5 Å². The number of aryl methyl sites for hydroxylation is 1. The van der Waals surface area contributed by atoms with Gasteiger partial charge in [-0.3, -0.25) is 4.68 Å². The van der Waals surface area contributed by atoms with E-state index in [-0.39, 0.29) is 11.9 Å². The first-order chi connectivity index (χ1) is 8.69. The quantitative estimate of drug-likeness (QED) is 0.899. The van der Waals surface area contributed by atoms with Crippen molar-refractivity contribution >= 4 is 0 Å². The number of benzene rings is 1. The summed E-state index contributed by atoms with van der Waals surface area (Å²) < 4.78 is 21.0. The van der Waals surface area contributed by atoms with Crippen LogP contribution in [-0.2, 0) is 7.05 Å². The van der Waals surface area contributed by atoms with Gasteiger partial charge < -0.3 is 10.1 Å². The van der Waals surface area contributed by atoms with Crippen molar-refractivity contribution in [2.45, 2.75) is 6.04 Å². The van der Waals surface area contributed by atoms with Crippen LogP contribution in [0.3, 0.4) is 0 Å². The number of rotatable bonds is 4. The number of halogens is 1. The normalized spacial score (nSPS) is 12.4. The highest BCUT2D eigenvalue weighted by atomic mass is 19.1. The molecule has 0 aliphatic heterocycles. The summed E-state index contributed by atoms with van der Waals surface area (Å²) in [6.45, 7) is 0. The molecule has 1 aromatic carbocycles. The second-order valence-electron chi connectivity index (χ2n) is 3.96. The van der Waals surface area contributed by atoms with E-state index in [0.717, 1.165) is 5.69 Å². The van der Waals surface area contributed by atoms with Gasteiger partial charge in [-0.1, -0.05) is 6.07 Å². The molecule has 0 saturated carbocycles. The standard InChI is InChI=1S/C13H16FN3O/c1-15-13(10-7-8-16-17(10)2)12-9(14)5-4-6-11(12)18-3/h4-8,13,15H,1-3H3. The molecule has 0 spiro atoms. The molecule has 1 heterocycles. The highest BCUT2D eigenvalue weighted by Gasteiger charge is 2.22. The molecule has 96 valence electrons. The Morgan fingerprint density at radius 3 is 2.72 bits per heavy atom. The van der Waals surface area contributed by atoms with Gasteiger partial charge in [0, 0.05) is 13.2 Å². The topological polar surface area (TPSA) is 39.1 Å². The molecule has 0 fully saturated rings. The van der Waals surface area contributed by atoms with Crippen LogP contribution in [0.15, 0.2) is 30.5 Å². The summed E-state index contributed by atoms with van der Waals surface area (Å²) in [5.74, 6) is 0.227. The van der Waals surface area contributed by atoms with Crippen molar-refractivity contribution in [3.8, 4) is 5.75 Å². The Hall–Kier alpha value is -1.88. The minimum Gasteiger partial charge on any atom is -0.496 e. The fourth-order valence-electron chi connectivity index (χ4n) is 2.08. The Morgan fingerprint density at radius 1 is 1.39 bits per heavy atom. The molecule has 4 nitrogen and oxygen atoms in total. The third-order valence-electron chi connectivity index (χ3n) is 2.96. The molecule has 0 aliphatic carbocycles. The maximum atomic E-state index is 14.0. The summed E-state index contributed by atoms with van der Waals surface area (Å²) >= 11 is 0. The Morgan fingerprint density at radius 2 is 2.17 bits per heavy atom. The van der Waals surface area contributed by atoms with E-state index in [1.54, 1.807) is 30.1 Å². The molecule has 2 rings (SSSR count). The monoisotopic (exact) mass is 249 g/mol. The number of hydrogen-bond acceptors (Lipinski definition) is 3. The highest BCUT2D eigenvalue weighted by molar-refractivity contribution is 5.41. The van der Waals surface area contributed by atoms with E-state index in [1.807, 2.05) is 13.1 Å². The van der Waals surface area contributed by atoms with Crippen molar-refractivity contribution in [3.63, 3.8) is 0 Å². The molecule has 0 radical (unpaired) electrons. The Balaban J connectivity index is 2.55. The van der Waals surface area contributed by atoms with Gasteiger partial charge in [-0.2, -0.15) is 5.10 Å². The largest absolute Gasteiger partial charge is 0.496 e. The van der Waals surface area contributed by atoms with E-state index in [2.05, 4.69) is 10.4 Å². The van der Waals surface area contributed by atoms with Crippen molar-refractivity contribution in [1.82, 2.24) is 15.1 Å². The van der Waals surface area contributed by atoms with Gasteiger partial charge in [0.05, 0.1) is 24.4 Å². The third-order valence-corrected chi connectivity index (χ3v) is 2.96. The predicted molar refractivity (Wildman–Crippen MR) is 67.1 cm³/mol. The first-order valence-corrected chi connectivity index (χ1v) is 5.66. The molecular formula is C13H16FN3O. The lowest BCUT2D eigenvalue weighted by atomic mass is 10.0. The Bertz CT molecular complexity index is 539. The number of nitrogens with zero attached hydrogens (tertiary/aromatic N) is 2. The van der Waals surface area contributed by atoms with E-state index >= 15 is 0 Å². The van der Waals surface area contributed by atoms with Crippen LogP contribution in [0.25, 0.3) is 0 Å². The van der Waals surface area contributed by atoms with Crippen molar-refractivity contribution < 1.29 is 9.13 Å². The first-order valence-electron chi connectivity index (χ1n) is 5.66. The third kappa shape index (κ3) is 2.09. The molecule has 0 amide bonds. The number of ether oxygens (including phenoxy) is 1. The van der Waals surface area contributed by atoms with Crippen molar-refractivity contribution in [2.75, 3.05) is 14.2 Å². The Kier molecular flexibility index (Phi) is 3.62. The fourth-order valence-corrected chi connectivity index (χ4v) is 2.08. The summed E-state index contributed by atoms with van der Waals surface area (Å²) in [6.07, 6.45) is 1.69. The number of aromatic nitrogens is 2. The van der Waals surface area contributed by atoms with Crippen LogP contribution in [0.4, 0.5) is 4.39 Å². The number of methoxy groups -OCH3 is 1. The minimum atomic E-state index is -0.298. The van der Waals surface area contributed by atoms with E-state index in [0.29, 0.717) is 11.3 Å². The van der Waals surface area contributed by atoms with Crippen LogP contribution >= 0.6 is 0 Å². The molecule has 0 aliphatic rings. The second-order valence-corrected chi connectivity index (χ2v) is 3.96. The zero-order valence-corrected chi connectivity index (χ0v) is 10.6. The van der Waals surface area contributed by atoms with Crippen LogP contribution in [0.5, 0.6) is 5.75 Å². The molecule has 1 aromatic heterocycles. The van der Waals surface area contributed by atoms with Crippen LogP contribution in [0.2, 0.25) is 0 Å². The van der Waals surface area contributed by atoms with Gasteiger partial charge >= 0.3 is 0 Å². The molecule has 1 atom stereocenters. The van der Waals surface area contributed by atoms with Gasteiger partial charge in [-0.15, -0.1) is 0 Å². The van der Waals surface area contributed by atoms with E-state index in [4.69, 9.17) is 4.74 Å². The maximum absolute atomic E-state index is 14.0. The molecule has 0 saturated heterocycles. The Labute approximate surface area is 105 Å². The summed E-state index contributed by atoms with van der Waals surface area (Å²) in [7, 11) is 5.14. The minimum absolute atomic E-state index is 0.296. The van der Waals surface area contributed by atoms with Crippen LogP contribution in [0.1, 0.15) is 17.3 Å². The first kappa shape index (κ1) is 12.6. The van der Waals surface area contributed by atoms with Gasteiger partial charge in [0.2, 0.25) is 0 Å². The molecule has 2 aromatic rings. The lowest BCUT2D eigenvalue weighted by molar-refractivity contribution is 0.397. The molecule has 5 heteroatoms. The lowest BCUT2D eigenvalue weighted by Gasteiger charge is -2.20. The van der Waals surface area contributed by atoms with Crippen LogP contribution < -0.4 is 10.1 Å². The zero-order chi connectivity index (χ0) is 13.1. The predicted octanol–water partition coefficient (Wildman–Crippen LogP) is 1.88. The highest BCUT2D eigenvalue weighted by Crippen LogP contribution is 2.31. The fraction of sp³-hybridized carbons (Fsp3) is 0.308. The van der Waals surface area contributed by atoms with Gasteiger partial charge in [0.25, 0.3) is 0 Å². The summed E-state index contributed by atoms with van der Waals surface area (Å²) in [4.78, 5) is 0. The lowest BCUT2D eigenvalue weighted by Crippen LogP contribution is -2.22. The van der Waals surface area contributed by atoms with Crippen molar-refractivity contribution in [1.29, 1.82) is 0 Å². The number of hydrogen-bond donors (Lipinski definition) is 1. The van der Waals surface area contributed by atoms with Crippen LogP contribution in [0, 0.1) is 5.82 Å². The molecule has 1 unspecified atom stereocenters. The molecular weight excluding hydrogens is 233 g/mol. The van der Waals surface area contributed by atoms with Gasteiger partial charge in [0.15, 0.2) is 0 Å². The SMILES string of the molecule is CNC(c1c(F)cccc1OC)c1ccnn1C. The van der Waals surface area contributed by atoms with Crippen LogP contribution in [-0.4, -0.2) is 23.9 Å². The maximum Gasteiger partial charge on any atom is 0.132 e. The van der Waals surface area contributed by atoms with Gasteiger partial charge in [0.1, 0.15) is 11.6 Å². The molecule has 1 N–H and O–H groups in total. The van der Waals surface area contributed by atoms with E-state index in [9.17, 15) is 4.39 Å². The van der Waals surface area contributed by atoms with Crippen molar-refractivity contribution in [2.24, 2.45) is 7.05 Å². The summed E-state index contributed by atoms with van der Waals surface area (Å²) in [5, 5.41) is 7.21. The van der Waals surface area contributed by atoms with E-state index in [1.165, 1.54) is 13.2 Å². The average molecular weight is 249 g/mol.